The van der Waals surface area contributed by atoms with E-state index >= 15 is 0 Å². The van der Waals surface area contributed by atoms with Crippen molar-refractivity contribution in [2.24, 2.45) is 0 Å². The molecule has 0 bridgehead atoms. The Morgan fingerprint density at radius 3 is 2.75 bits per heavy atom. The van der Waals surface area contributed by atoms with Crippen LogP contribution in [-0.2, 0) is 6.54 Å². The fourth-order valence-corrected chi connectivity index (χ4v) is 3.12. The van der Waals surface area contributed by atoms with Crippen LogP contribution in [0.5, 0.6) is 0 Å². The van der Waals surface area contributed by atoms with Gasteiger partial charge in [-0.15, -0.1) is 11.3 Å². The molecule has 1 saturated carbocycles. The molecule has 1 aliphatic rings. The maximum atomic E-state index is 4.29. The first kappa shape index (κ1) is 12.0. The Kier molecular flexibility index (Phi) is 3.95. The largest absolute Gasteiger partial charge is 0.309 e. The highest BCUT2D eigenvalue weighted by Gasteiger charge is 2.35. The van der Waals surface area contributed by atoms with Crippen LogP contribution >= 0.6 is 11.3 Å². The molecule has 0 spiro atoms. The Hall–Kier alpha value is -0.450. The smallest absolute Gasteiger partial charge is 0.0795 e. The summed E-state index contributed by atoms with van der Waals surface area (Å²) in [5, 5.41) is 5.67. The molecule has 4 heteroatoms. The number of nitrogens with one attached hydrogen (secondary N) is 1. The first-order valence-corrected chi connectivity index (χ1v) is 6.92. The van der Waals surface area contributed by atoms with Crippen molar-refractivity contribution in [3.63, 3.8) is 0 Å². The first-order chi connectivity index (χ1) is 7.73. The lowest BCUT2D eigenvalue weighted by Gasteiger charge is -2.36. The Morgan fingerprint density at radius 1 is 1.44 bits per heavy atom. The second kappa shape index (κ2) is 5.25. The van der Waals surface area contributed by atoms with Crippen molar-refractivity contribution in [1.29, 1.82) is 0 Å². The van der Waals surface area contributed by atoms with E-state index in [1.165, 1.54) is 25.7 Å². The predicted molar refractivity (Wildman–Crippen MR) is 68.7 cm³/mol. The van der Waals surface area contributed by atoms with Gasteiger partial charge in [-0.1, -0.05) is 12.8 Å². The van der Waals surface area contributed by atoms with Crippen molar-refractivity contribution in [2.75, 3.05) is 20.6 Å². The minimum atomic E-state index is 0.385. The lowest BCUT2D eigenvalue weighted by molar-refractivity contribution is 0.153. The van der Waals surface area contributed by atoms with Crippen molar-refractivity contribution in [3.8, 4) is 0 Å². The molecule has 3 nitrogen and oxygen atoms in total. The SMILES string of the molecule is CN(C)C1(CNCc2cscn2)CCCC1. The number of hydrogen-bond acceptors (Lipinski definition) is 4. The van der Waals surface area contributed by atoms with Crippen LogP contribution < -0.4 is 5.32 Å². The highest BCUT2D eigenvalue weighted by molar-refractivity contribution is 7.07. The molecule has 0 radical (unpaired) electrons. The fourth-order valence-electron chi connectivity index (χ4n) is 2.56. The minimum absolute atomic E-state index is 0.385. The molecule has 2 rings (SSSR count). The zero-order valence-electron chi connectivity index (χ0n) is 10.2. The number of aromatic nitrogens is 1. The summed E-state index contributed by atoms with van der Waals surface area (Å²) >= 11 is 1.67. The number of nitrogens with zero attached hydrogens (tertiary/aromatic N) is 2. The van der Waals surface area contributed by atoms with Crippen molar-refractivity contribution >= 4 is 11.3 Å². The van der Waals surface area contributed by atoms with Gasteiger partial charge >= 0.3 is 0 Å². The Morgan fingerprint density at radius 2 is 2.19 bits per heavy atom. The van der Waals surface area contributed by atoms with E-state index in [0.29, 0.717) is 5.54 Å². The molecule has 1 aromatic rings. The topological polar surface area (TPSA) is 28.2 Å². The quantitative estimate of drug-likeness (QED) is 0.853. The van der Waals surface area contributed by atoms with E-state index in [0.717, 1.165) is 18.8 Å². The molecule has 1 fully saturated rings. The number of likely N-dealkylation sites (N-methyl/N-ethyl adjacent to an activating group) is 1. The number of rotatable bonds is 5. The molecule has 1 N–H and O–H groups in total. The molecule has 1 aromatic heterocycles. The average molecular weight is 239 g/mol. The van der Waals surface area contributed by atoms with Gasteiger partial charge in [-0.05, 0) is 26.9 Å². The molecule has 0 aliphatic heterocycles. The van der Waals surface area contributed by atoms with Crippen molar-refractivity contribution < 1.29 is 0 Å². The maximum Gasteiger partial charge on any atom is 0.0795 e. The van der Waals surface area contributed by atoms with Gasteiger partial charge in [0.05, 0.1) is 11.2 Å². The molecule has 0 aromatic carbocycles. The highest BCUT2D eigenvalue weighted by atomic mass is 32.1. The van der Waals surface area contributed by atoms with Crippen LogP contribution in [0.15, 0.2) is 10.9 Å². The summed E-state index contributed by atoms with van der Waals surface area (Å²) in [6.45, 7) is 1.98. The Labute approximate surface area is 102 Å². The molecule has 0 atom stereocenters. The highest BCUT2D eigenvalue weighted by Crippen LogP contribution is 2.33. The normalized spacial score (nSPS) is 19.4. The van der Waals surface area contributed by atoms with Gasteiger partial charge < -0.3 is 10.2 Å². The summed E-state index contributed by atoms with van der Waals surface area (Å²) in [6, 6.07) is 0. The molecule has 1 aliphatic carbocycles. The minimum Gasteiger partial charge on any atom is -0.309 e. The summed E-state index contributed by atoms with van der Waals surface area (Å²) in [7, 11) is 4.41. The van der Waals surface area contributed by atoms with Crippen LogP contribution in [0, 0.1) is 0 Å². The maximum absolute atomic E-state index is 4.29. The lowest BCUT2D eigenvalue weighted by Crippen LogP contribution is -2.49. The van der Waals surface area contributed by atoms with Gasteiger partial charge in [-0.3, -0.25) is 0 Å². The zero-order chi connectivity index (χ0) is 11.4. The van der Waals surface area contributed by atoms with Gasteiger partial charge in [0.2, 0.25) is 0 Å². The standard InChI is InChI=1S/C12H21N3S/c1-15(2)12(5-3-4-6-12)9-13-7-11-8-16-10-14-11/h8,10,13H,3-7,9H2,1-2H3. The van der Waals surface area contributed by atoms with Crippen molar-refractivity contribution in [2.45, 2.75) is 37.8 Å². The van der Waals surface area contributed by atoms with E-state index in [9.17, 15) is 0 Å². The third kappa shape index (κ3) is 2.62. The third-order valence-corrected chi connectivity index (χ3v) is 4.36. The number of hydrogen-bond donors (Lipinski definition) is 1. The molecular formula is C12H21N3S. The number of thiazole rings is 1. The van der Waals surface area contributed by atoms with Crippen LogP contribution in [-0.4, -0.2) is 36.1 Å². The van der Waals surface area contributed by atoms with Crippen molar-refractivity contribution in [3.05, 3.63) is 16.6 Å². The molecule has 16 heavy (non-hydrogen) atoms. The summed E-state index contributed by atoms with van der Waals surface area (Å²) in [5.74, 6) is 0. The monoisotopic (exact) mass is 239 g/mol. The molecule has 0 saturated heterocycles. The summed E-state index contributed by atoms with van der Waals surface area (Å²) in [5.41, 5.74) is 3.45. The van der Waals surface area contributed by atoms with Gasteiger partial charge in [0.15, 0.2) is 0 Å². The van der Waals surface area contributed by atoms with Gasteiger partial charge in [0.25, 0.3) is 0 Å². The van der Waals surface area contributed by atoms with Gasteiger partial charge in [-0.2, -0.15) is 0 Å². The predicted octanol–water partition coefficient (Wildman–Crippen LogP) is 2.11. The second-order valence-electron chi connectivity index (χ2n) is 4.91. The fraction of sp³-hybridized carbons (Fsp3) is 0.750. The summed E-state index contributed by atoms with van der Waals surface area (Å²) < 4.78 is 0. The molecule has 90 valence electrons. The molecule has 0 amide bonds. The molecule has 0 unspecified atom stereocenters. The first-order valence-electron chi connectivity index (χ1n) is 5.98. The summed E-state index contributed by atoms with van der Waals surface area (Å²) in [6.07, 6.45) is 5.39. The molecular weight excluding hydrogens is 218 g/mol. The van der Waals surface area contributed by atoms with E-state index in [1.54, 1.807) is 11.3 Å². The van der Waals surface area contributed by atoms with Crippen molar-refractivity contribution in [1.82, 2.24) is 15.2 Å². The second-order valence-corrected chi connectivity index (χ2v) is 5.63. The van der Waals surface area contributed by atoms with E-state index < -0.39 is 0 Å². The van der Waals surface area contributed by atoms with Crippen LogP contribution in [0.3, 0.4) is 0 Å². The Balaban J connectivity index is 1.83. The summed E-state index contributed by atoms with van der Waals surface area (Å²) in [4.78, 5) is 6.69. The average Bonchev–Trinajstić information content (AvgIpc) is 2.88. The van der Waals surface area contributed by atoms with Crippen LogP contribution in [0.25, 0.3) is 0 Å². The van der Waals surface area contributed by atoms with E-state index in [1.807, 2.05) is 5.51 Å². The van der Waals surface area contributed by atoms with Crippen LogP contribution in [0.1, 0.15) is 31.4 Å². The third-order valence-electron chi connectivity index (χ3n) is 3.73. The van der Waals surface area contributed by atoms with Crippen LogP contribution in [0.2, 0.25) is 0 Å². The van der Waals surface area contributed by atoms with Gasteiger partial charge in [0.1, 0.15) is 0 Å². The van der Waals surface area contributed by atoms with E-state index in [-0.39, 0.29) is 0 Å². The van der Waals surface area contributed by atoms with E-state index in [4.69, 9.17) is 0 Å². The van der Waals surface area contributed by atoms with Crippen LogP contribution in [0.4, 0.5) is 0 Å². The van der Waals surface area contributed by atoms with E-state index in [2.05, 4.69) is 34.7 Å². The van der Waals surface area contributed by atoms with Gasteiger partial charge in [-0.25, -0.2) is 4.98 Å². The lowest BCUT2D eigenvalue weighted by atomic mass is 9.96. The zero-order valence-corrected chi connectivity index (χ0v) is 11.0. The Bertz CT molecular complexity index is 302. The molecule has 1 heterocycles. The van der Waals surface area contributed by atoms with Gasteiger partial charge in [0, 0.05) is 24.0 Å².